The summed E-state index contributed by atoms with van der Waals surface area (Å²) in [6.07, 6.45) is 2.52. The zero-order valence-corrected chi connectivity index (χ0v) is 9.88. The molecule has 2 heterocycles. The van der Waals surface area contributed by atoms with Crippen LogP contribution in [0.15, 0.2) is 17.1 Å². The normalized spacial score (nSPS) is 24.8. The Hall–Kier alpha value is -0.980. The van der Waals surface area contributed by atoms with Crippen LogP contribution in [0.2, 0.25) is 0 Å². The first kappa shape index (κ1) is 11.5. The van der Waals surface area contributed by atoms with Crippen LogP contribution >= 0.6 is 12.2 Å². The number of hydrogen-bond acceptors (Lipinski definition) is 4. The number of rotatable bonds is 3. The van der Waals surface area contributed by atoms with E-state index in [9.17, 15) is 4.79 Å². The fraction of sp³-hybridized carbons (Fsp3) is 0.600. The number of nitrogens with one attached hydrogen (secondary N) is 1. The predicted molar refractivity (Wildman–Crippen MR) is 61.1 cm³/mol. The van der Waals surface area contributed by atoms with Gasteiger partial charge in [0.2, 0.25) is 0 Å². The van der Waals surface area contributed by atoms with Gasteiger partial charge in [-0.2, -0.15) is 0 Å². The highest BCUT2D eigenvalue weighted by molar-refractivity contribution is 7.71. The lowest BCUT2D eigenvalue weighted by Crippen LogP contribution is -2.37. The quantitative estimate of drug-likeness (QED) is 0.793. The zero-order valence-electron chi connectivity index (χ0n) is 9.06. The van der Waals surface area contributed by atoms with Crippen LogP contribution in [0.5, 0.6) is 0 Å². The number of ether oxygens (including phenoxy) is 2. The van der Waals surface area contributed by atoms with Gasteiger partial charge in [-0.1, -0.05) is 0 Å². The minimum absolute atomic E-state index is 0.185. The molecule has 1 aromatic rings. The van der Waals surface area contributed by atoms with E-state index in [4.69, 9.17) is 21.7 Å². The fourth-order valence-electron chi connectivity index (χ4n) is 1.82. The lowest BCUT2D eigenvalue weighted by atomic mass is 10.0. The summed E-state index contributed by atoms with van der Waals surface area (Å²) in [5, 5.41) is 0. The molecule has 88 valence electrons. The van der Waals surface area contributed by atoms with Gasteiger partial charge in [0.1, 0.15) is 5.60 Å². The summed E-state index contributed by atoms with van der Waals surface area (Å²) in [7, 11) is 1.67. The van der Waals surface area contributed by atoms with Crippen LogP contribution in [0.1, 0.15) is 6.42 Å². The molecule has 2 rings (SSSR count). The van der Waals surface area contributed by atoms with Gasteiger partial charge in [-0.05, 0) is 12.2 Å². The van der Waals surface area contributed by atoms with Gasteiger partial charge in [-0.3, -0.25) is 9.78 Å². The second-order valence-corrected chi connectivity index (χ2v) is 4.31. The van der Waals surface area contributed by atoms with Crippen LogP contribution in [-0.4, -0.2) is 35.5 Å². The van der Waals surface area contributed by atoms with E-state index >= 15 is 0 Å². The minimum atomic E-state index is -0.323. The molecule has 1 aliphatic heterocycles. The molecule has 16 heavy (non-hydrogen) atoms. The van der Waals surface area contributed by atoms with Gasteiger partial charge < -0.3 is 14.0 Å². The molecule has 1 atom stereocenters. The number of aromatic amines is 1. The molecular weight excluding hydrogens is 228 g/mol. The Balaban J connectivity index is 2.26. The number of nitrogens with zero attached hydrogens (tertiary/aromatic N) is 1. The SMILES string of the molecule is COC1(Cn2ccc(=O)[nH]c2=S)CCOC1. The van der Waals surface area contributed by atoms with Gasteiger partial charge in [0.15, 0.2) is 4.77 Å². The predicted octanol–water partition coefficient (Wildman–Crippen LogP) is 0.711. The molecule has 0 aromatic carbocycles. The van der Waals surface area contributed by atoms with Crippen molar-refractivity contribution in [2.75, 3.05) is 20.3 Å². The van der Waals surface area contributed by atoms with E-state index in [1.54, 1.807) is 17.9 Å². The molecule has 1 unspecified atom stereocenters. The molecule has 0 saturated carbocycles. The summed E-state index contributed by atoms with van der Waals surface area (Å²) >= 11 is 5.08. The van der Waals surface area contributed by atoms with E-state index in [1.165, 1.54) is 6.07 Å². The number of H-pyrrole nitrogens is 1. The van der Waals surface area contributed by atoms with Crippen molar-refractivity contribution in [3.05, 3.63) is 27.4 Å². The third kappa shape index (κ3) is 2.23. The first-order valence-corrected chi connectivity index (χ1v) is 5.49. The van der Waals surface area contributed by atoms with Gasteiger partial charge in [-0.25, -0.2) is 0 Å². The third-order valence-corrected chi connectivity index (χ3v) is 3.19. The summed E-state index contributed by atoms with van der Waals surface area (Å²) in [6.45, 7) is 1.86. The molecule has 6 heteroatoms. The number of aromatic nitrogens is 2. The monoisotopic (exact) mass is 242 g/mol. The van der Waals surface area contributed by atoms with Crippen molar-refractivity contribution in [1.29, 1.82) is 0 Å². The van der Waals surface area contributed by atoms with Crippen LogP contribution in [0, 0.1) is 4.77 Å². The zero-order chi connectivity index (χ0) is 11.6. The Bertz CT molecular complexity index is 473. The van der Waals surface area contributed by atoms with E-state index in [-0.39, 0.29) is 11.2 Å². The lowest BCUT2D eigenvalue weighted by Gasteiger charge is -2.26. The van der Waals surface area contributed by atoms with E-state index in [1.807, 2.05) is 0 Å². The first-order valence-electron chi connectivity index (χ1n) is 5.08. The second-order valence-electron chi connectivity index (χ2n) is 3.93. The van der Waals surface area contributed by atoms with Crippen LogP contribution in [-0.2, 0) is 16.0 Å². The smallest absolute Gasteiger partial charge is 0.251 e. The van der Waals surface area contributed by atoms with Gasteiger partial charge >= 0.3 is 0 Å². The molecule has 1 fully saturated rings. The fourth-order valence-corrected chi connectivity index (χ4v) is 2.04. The third-order valence-electron chi connectivity index (χ3n) is 2.86. The molecule has 5 nitrogen and oxygen atoms in total. The Kier molecular flexibility index (Phi) is 3.22. The molecule has 1 aromatic heterocycles. The van der Waals surface area contributed by atoms with Crippen molar-refractivity contribution in [3.63, 3.8) is 0 Å². The summed E-state index contributed by atoms with van der Waals surface area (Å²) < 4.78 is 13.1. The van der Waals surface area contributed by atoms with Crippen LogP contribution in [0.25, 0.3) is 0 Å². The molecule has 1 N–H and O–H groups in total. The van der Waals surface area contributed by atoms with Crippen LogP contribution in [0.4, 0.5) is 0 Å². The van der Waals surface area contributed by atoms with Gasteiger partial charge in [0.05, 0.1) is 13.2 Å². The topological polar surface area (TPSA) is 56.2 Å². The highest BCUT2D eigenvalue weighted by Gasteiger charge is 2.35. The van der Waals surface area contributed by atoms with Crippen molar-refractivity contribution in [2.45, 2.75) is 18.6 Å². The maximum Gasteiger partial charge on any atom is 0.251 e. The van der Waals surface area contributed by atoms with Crippen LogP contribution in [0.3, 0.4) is 0 Å². The molecule has 0 spiro atoms. The van der Waals surface area contributed by atoms with Crippen molar-refractivity contribution >= 4 is 12.2 Å². The molecule has 0 bridgehead atoms. The number of hydrogen-bond donors (Lipinski definition) is 1. The van der Waals surface area contributed by atoms with Crippen molar-refractivity contribution in [1.82, 2.24) is 9.55 Å². The molecular formula is C10H14N2O3S. The van der Waals surface area contributed by atoms with Crippen molar-refractivity contribution < 1.29 is 9.47 Å². The van der Waals surface area contributed by atoms with Gasteiger partial charge in [0.25, 0.3) is 5.56 Å². The first-order chi connectivity index (χ1) is 7.65. The molecule has 1 saturated heterocycles. The highest BCUT2D eigenvalue weighted by atomic mass is 32.1. The van der Waals surface area contributed by atoms with Crippen molar-refractivity contribution in [3.8, 4) is 0 Å². The summed E-state index contributed by atoms with van der Waals surface area (Å²) in [6, 6.07) is 1.45. The highest BCUT2D eigenvalue weighted by Crippen LogP contribution is 2.24. The Morgan fingerprint density at radius 1 is 1.75 bits per heavy atom. The second kappa shape index (κ2) is 4.48. The molecule has 1 aliphatic rings. The summed E-state index contributed by atoms with van der Waals surface area (Å²) in [5.74, 6) is 0. The average molecular weight is 242 g/mol. The van der Waals surface area contributed by atoms with Crippen molar-refractivity contribution in [2.24, 2.45) is 0 Å². The lowest BCUT2D eigenvalue weighted by molar-refractivity contribution is -0.0300. The standard InChI is InChI=1S/C10H14N2O3S/c1-14-10(3-5-15-7-10)6-12-4-2-8(13)11-9(12)16/h2,4H,3,5-7H2,1H3,(H,11,13,16). The number of methoxy groups -OCH3 is 1. The van der Waals surface area contributed by atoms with E-state index in [0.717, 1.165) is 6.42 Å². The summed E-state index contributed by atoms with van der Waals surface area (Å²) in [5.41, 5.74) is -0.508. The van der Waals surface area contributed by atoms with Gasteiger partial charge in [-0.15, -0.1) is 0 Å². The minimum Gasteiger partial charge on any atom is -0.378 e. The molecule has 0 radical (unpaired) electrons. The average Bonchev–Trinajstić information content (AvgIpc) is 2.72. The molecule has 0 aliphatic carbocycles. The summed E-state index contributed by atoms with van der Waals surface area (Å²) in [4.78, 5) is 13.6. The maximum atomic E-state index is 11.0. The largest absolute Gasteiger partial charge is 0.378 e. The van der Waals surface area contributed by atoms with E-state index < -0.39 is 0 Å². The molecule has 0 amide bonds. The Morgan fingerprint density at radius 3 is 3.12 bits per heavy atom. The Labute approximate surface area is 98.0 Å². The maximum absolute atomic E-state index is 11.0. The van der Waals surface area contributed by atoms with Crippen LogP contribution < -0.4 is 5.56 Å². The van der Waals surface area contributed by atoms with Gasteiger partial charge in [0, 0.05) is 32.4 Å². The van der Waals surface area contributed by atoms with E-state index in [2.05, 4.69) is 4.98 Å². The van der Waals surface area contributed by atoms with E-state index in [0.29, 0.717) is 24.5 Å². The Morgan fingerprint density at radius 2 is 2.56 bits per heavy atom.